The first-order chi connectivity index (χ1) is 8.82. The van der Waals surface area contributed by atoms with Gasteiger partial charge < -0.3 is 0 Å². The standard InChI is InChI=1S/C18H27Br/c1-12-6-8-15(14(3)10-12)18(4,5)16-9-7-13(2)11-17(16)19/h6,8,10,13,16-17H,7,9,11H2,1-5H3. The van der Waals surface area contributed by atoms with Crippen LogP contribution in [0.3, 0.4) is 0 Å². The lowest BCUT2D eigenvalue weighted by atomic mass is 9.65. The maximum atomic E-state index is 3.97. The fourth-order valence-corrected chi connectivity index (χ4v) is 5.42. The second-order valence-electron chi connectivity index (χ2n) is 7.08. The molecule has 19 heavy (non-hydrogen) atoms. The first kappa shape index (κ1) is 15.1. The molecule has 1 aliphatic rings. The minimum absolute atomic E-state index is 0.256. The summed E-state index contributed by atoms with van der Waals surface area (Å²) in [6.07, 6.45) is 4.04. The maximum Gasteiger partial charge on any atom is 0.0184 e. The van der Waals surface area contributed by atoms with E-state index in [1.165, 1.54) is 36.0 Å². The molecule has 0 radical (unpaired) electrons. The van der Waals surface area contributed by atoms with Crippen LogP contribution >= 0.6 is 15.9 Å². The second-order valence-corrected chi connectivity index (χ2v) is 8.26. The lowest BCUT2D eigenvalue weighted by Crippen LogP contribution is -2.39. The second kappa shape index (κ2) is 5.60. The summed E-state index contributed by atoms with van der Waals surface area (Å²) in [6, 6.07) is 6.94. The summed E-state index contributed by atoms with van der Waals surface area (Å²) in [6.45, 7) is 11.7. The van der Waals surface area contributed by atoms with Crippen LogP contribution in [0.2, 0.25) is 0 Å². The Bertz CT molecular complexity index is 447. The molecule has 0 spiro atoms. The van der Waals surface area contributed by atoms with Crippen molar-refractivity contribution in [2.45, 2.75) is 64.1 Å². The van der Waals surface area contributed by atoms with Crippen LogP contribution in [0.5, 0.6) is 0 Å². The average Bonchev–Trinajstić information content (AvgIpc) is 2.27. The Morgan fingerprint density at radius 2 is 1.84 bits per heavy atom. The fourth-order valence-electron chi connectivity index (χ4n) is 3.86. The smallest absolute Gasteiger partial charge is 0.0184 e. The number of hydrogen-bond acceptors (Lipinski definition) is 0. The first-order valence-electron chi connectivity index (χ1n) is 7.54. The van der Waals surface area contributed by atoms with E-state index in [1.807, 2.05) is 0 Å². The topological polar surface area (TPSA) is 0 Å². The highest BCUT2D eigenvalue weighted by molar-refractivity contribution is 9.09. The van der Waals surface area contributed by atoms with E-state index >= 15 is 0 Å². The molecule has 0 saturated heterocycles. The van der Waals surface area contributed by atoms with Gasteiger partial charge in [0.15, 0.2) is 0 Å². The van der Waals surface area contributed by atoms with E-state index in [4.69, 9.17) is 0 Å². The monoisotopic (exact) mass is 322 g/mol. The molecule has 0 nitrogen and oxygen atoms in total. The molecule has 0 bridgehead atoms. The Hall–Kier alpha value is -0.300. The molecule has 1 fully saturated rings. The van der Waals surface area contributed by atoms with E-state index in [9.17, 15) is 0 Å². The van der Waals surface area contributed by atoms with Gasteiger partial charge in [-0.2, -0.15) is 0 Å². The Morgan fingerprint density at radius 1 is 1.16 bits per heavy atom. The Morgan fingerprint density at radius 3 is 2.42 bits per heavy atom. The highest BCUT2D eigenvalue weighted by Gasteiger charge is 2.39. The van der Waals surface area contributed by atoms with Crippen molar-refractivity contribution in [3.8, 4) is 0 Å². The zero-order chi connectivity index (χ0) is 14.2. The van der Waals surface area contributed by atoms with Crippen molar-refractivity contribution in [2.24, 2.45) is 11.8 Å². The van der Waals surface area contributed by atoms with Crippen LogP contribution in [0.15, 0.2) is 18.2 Å². The third-order valence-electron chi connectivity index (χ3n) is 5.04. The molecule has 1 aromatic carbocycles. The number of aryl methyl sites for hydroxylation is 2. The van der Waals surface area contributed by atoms with Crippen molar-refractivity contribution in [1.29, 1.82) is 0 Å². The lowest BCUT2D eigenvalue weighted by molar-refractivity contribution is 0.213. The summed E-state index contributed by atoms with van der Waals surface area (Å²) >= 11 is 3.97. The van der Waals surface area contributed by atoms with Crippen LogP contribution in [-0.4, -0.2) is 4.83 Å². The third kappa shape index (κ3) is 3.07. The van der Waals surface area contributed by atoms with Crippen molar-refractivity contribution in [1.82, 2.24) is 0 Å². The van der Waals surface area contributed by atoms with E-state index < -0.39 is 0 Å². The van der Waals surface area contributed by atoms with Crippen LogP contribution in [0, 0.1) is 25.7 Å². The normalized spacial score (nSPS) is 28.4. The Balaban J connectivity index is 2.30. The zero-order valence-corrected chi connectivity index (χ0v) is 14.5. The largest absolute Gasteiger partial charge is 0.0887 e. The van der Waals surface area contributed by atoms with Crippen LogP contribution in [0.4, 0.5) is 0 Å². The minimum Gasteiger partial charge on any atom is -0.0887 e. The summed E-state index contributed by atoms with van der Waals surface area (Å²) in [5.41, 5.74) is 4.60. The molecular weight excluding hydrogens is 296 g/mol. The molecule has 1 heteroatoms. The van der Waals surface area contributed by atoms with Gasteiger partial charge in [-0.3, -0.25) is 0 Å². The number of benzene rings is 1. The molecule has 3 unspecified atom stereocenters. The van der Waals surface area contributed by atoms with Crippen molar-refractivity contribution in [3.05, 3.63) is 34.9 Å². The summed E-state index contributed by atoms with van der Waals surface area (Å²) in [4.78, 5) is 0.659. The number of hydrogen-bond donors (Lipinski definition) is 0. The average molecular weight is 323 g/mol. The van der Waals surface area contributed by atoms with Crippen LogP contribution < -0.4 is 0 Å². The highest BCUT2D eigenvalue weighted by atomic mass is 79.9. The highest BCUT2D eigenvalue weighted by Crippen LogP contribution is 2.45. The van der Waals surface area contributed by atoms with E-state index in [2.05, 4.69) is 68.7 Å². The third-order valence-corrected chi connectivity index (χ3v) is 6.05. The van der Waals surface area contributed by atoms with Gasteiger partial charge in [-0.05, 0) is 55.1 Å². The summed E-state index contributed by atoms with van der Waals surface area (Å²) in [5.74, 6) is 1.61. The lowest BCUT2D eigenvalue weighted by Gasteiger charge is -2.43. The minimum atomic E-state index is 0.256. The van der Waals surface area contributed by atoms with Gasteiger partial charge in [-0.1, -0.05) is 66.9 Å². The molecule has 106 valence electrons. The van der Waals surface area contributed by atoms with Gasteiger partial charge in [-0.15, -0.1) is 0 Å². The number of alkyl halides is 1. The van der Waals surface area contributed by atoms with Crippen molar-refractivity contribution >= 4 is 15.9 Å². The predicted molar refractivity (Wildman–Crippen MR) is 88.2 cm³/mol. The van der Waals surface area contributed by atoms with E-state index in [0.717, 1.165) is 11.8 Å². The molecule has 0 amide bonds. The molecule has 0 N–H and O–H groups in total. The van der Waals surface area contributed by atoms with Crippen molar-refractivity contribution < 1.29 is 0 Å². The van der Waals surface area contributed by atoms with E-state index in [0.29, 0.717) is 4.83 Å². The van der Waals surface area contributed by atoms with Crippen LogP contribution in [0.25, 0.3) is 0 Å². The van der Waals surface area contributed by atoms with Gasteiger partial charge in [0.2, 0.25) is 0 Å². The van der Waals surface area contributed by atoms with E-state index in [1.54, 1.807) is 0 Å². The van der Waals surface area contributed by atoms with Crippen molar-refractivity contribution in [2.75, 3.05) is 0 Å². The van der Waals surface area contributed by atoms with Crippen molar-refractivity contribution in [3.63, 3.8) is 0 Å². The molecular formula is C18H27Br. The summed E-state index contributed by atoms with van der Waals surface area (Å²) in [7, 11) is 0. The fraction of sp³-hybridized carbons (Fsp3) is 0.667. The van der Waals surface area contributed by atoms with Gasteiger partial charge >= 0.3 is 0 Å². The molecule has 3 atom stereocenters. The van der Waals surface area contributed by atoms with Gasteiger partial charge in [0.25, 0.3) is 0 Å². The molecule has 0 heterocycles. The molecule has 0 aliphatic heterocycles. The Labute approximate surface area is 127 Å². The first-order valence-corrected chi connectivity index (χ1v) is 8.45. The SMILES string of the molecule is Cc1ccc(C(C)(C)C2CCC(C)CC2Br)c(C)c1. The van der Waals surface area contributed by atoms with E-state index in [-0.39, 0.29) is 5.41 Å². The molecule has 1 aliphatic carbocycles. The van der Waals surface area contributed by atoms with Gasteiger partial charge in [0.05, 0.1) is 0 Å². The molecule has 0 aromatic heterocycles. The van der Waals surface area contributed by atoms with Crippen LogP contribution in [0.1, 0.15) is 56.7 Å². The maximum absolute atomic E-state index is 3.97. The molecule has 1 saturated carbocycles. The molecule has 2 rings (SSSR count). The van der Waals surface area contributed by atoms with Gasteiger partial charge in [-0.25, -0.2) is 0 Å². The molecule has 1 aromatic rings. The quantitative estimate of drug-likeness (QED) is 0.605. The zero-order valence-electron chi connectivity index (χ0n) is 13.0. The summed E-state index contributed by atoms with van der Waals surface area (Å²) in [5, 5.41) is 0. The predicted octanol–water partition coefficient (Wildman–Crippen LogP) is 5.78. The van der Waals surface area contributed by atoms with Gasteiger partial charge in [0, 0.05) is 4.83 Å². The van der Waals surface area contributed by atoms with Crippen LogP contribution in [-0.2, 0) is 5.41 Å². The summed E-state index contributed by atoms with van der Waals surface area (Å²) < 4.78 is 0. The number of halogens is 1. The number of rotatable bonds is 2. The Kier molecular flexibility index (Phi) is 4.45. The van der Waals surface area contributed by atoms with Gasteiger partial charge in [0.1, 0.15) is 0 Å².